The molecule has 0 radical (unpaired) electrons. The van der Waals surface area contributed by atoms with Crippen molar-refractivity contribution in [2.24, 2.45) is 0 Å². The van der Waals surface area contributed by atoms with Gasteiger partial charge in [0.25, 0.3) is 5.56 Å². The summed E-state index contributed by atoms with van der Waals surface area (Å²) >= 11 is 12.3. The Hall–Kier alpha value is -3.35. The zero-order valence-electron chi connectivity index (χ0n) is 18.1. The average molecular weight is 481 g/mol. The van der Waals surface area contributed by atoms with E-state index in [1.807, 2.05) is 49.4 Å². The second-order valence-corrected chi connectivity index (χ2v) is 8.31. The average Bonchev–Trinajstić information content (AvgIpc) is 2.83. The van der Waals surface area contributed by atoms with E-state index in [9.17, 15) is 9.59 Å². The highest BCUT2D eigenvalue weighted by molar-refractivity contribution is 6.43. The Labute approximate surface area is 201 Å². The van der Waals surface area contributed by atoms with Crippen molar-refractivity contribution in [1.29, 1.82) is 0 Å². The van der Waals surface area contributed by atoms with E-state index >= 15 is 0 Å². The molecular weight excluding hydrogens is 459 g/mol. The molecule has 0 spiro atoms. The molecule has 4 rings (SSSR count). The van der Waals surface area contributed by atoms with Gasteiger partial charge in [-0.25, -0.2) is 9.78 Å². The number of carbonyl (C=O) groups excluding carboxylic acids is 1. The molecule has 4 aromatic rings. The summed E-state index contributed by atoms with van der Waals surface area (Å²) in [5, 5.41) is 3.92. The maximum absolute atomic E-state index is 13.5. The van der Waals surface area contributed by atoms with Gasteiger partial charge in [-0.1, -0.05) is 66.5 Å². The minimum Gasteiger partial charge on any atom is -0.317 e. The van der Waals surface area contributed by atoms with E-state index in [0.717, 1.165) is 0 Å². The van der Waals surface area contributed by atoms with Gasteiger partial charge in [0.1, 0.15) is 5.82 Å². The molecule has 0 aliphatic carbocycles. The van der Waals surface area contributed by atoms with Crippen LogP contribution in [0.25, 0.3) is 16.6 Å². The van der Waals surface area contributed by atoms with Gasteiger partial charge in [0.2, 0.25) is 0 Å². The third-order valence-electron chi connectivity index (χ3n) is 5.48. The first-order chi connectivity index (χ1) is 15.9. The molecule has 0 fully saturated rings. The smallest absolute Gasteiger partial charge is 0.317 e. The lowest BCUT2D eigenvalue weighted by Gasteiger charge is -2.29. The van der Waals surface area contributed by atoms with Crippen molar-refractivity contribution in [3.05, 3.63) is 99.0 Å². The zero-order chi connectivity index (χ0) is 23.5. The molecule has 0 saturated carbocycles. The highest BCUT2D eigenvalue weighted by Crippen LogP contribution is 2.31. The highest BCUT2D eigenvalue weighted by atomic mass is 35.5. The number of hydrogen-bond acceptors (Lipinski definition) is 3. The topological polar surface area (TPSA) is 67.2 Å². The van der Waals surface area contributed by atoms with Gasteiger partial charge in [-0.3, -0.25) is 9.36 Å². The standard InChI is InChI=1S/C25H22Cl2N4O2/c1-3-21(30(2)25(33)29-20-15-9-13-18(26)22(20)27)23-28-19-14-8-7-12-17(19)24(32)31(23)16-10-5-4-6-11-16/h4-15,21H,3H2,1-2H3,(H,29,33). The van der Waals surface area contributed by atoms with Crippen molar-refractivity contribution in [1.82, 2.24) is 14.5 Å². The van der Waals surface area contributed by atoms with E-state index in [-0.39, 0.29) is 10.6 Å². The van der Waals surface area contributed by atoms with Crippen molar-refractivity contribution in [2.75, 3.05) is 12.4 Å². The quantitative estimate of drug-likeness (QED) is 0.363. The first kappa shape index (κ1) is 22.8. The number of anilines is 1. The third kappa shape index (κ3) is 4.45. The van der Waals surface area contributed by atoms with Crippen LogP contribution in [0.15, 0.2) is 77.6 Å². The third-order valence-corrected chi connectivity index (χ3v) is 6.30. The number of hydrogen-bond donors (Lipinski definition) is 1. The molecule has 0 bridgehead atoms. The largest absolute Gasteiger partial charge is 0.322 e. The Morgan fingerprint density at radius 2 is 1.73 bits per heavy atom. The molecule has 2 amide bonds. The maximum atomic E-state index is 13.5. The van der Waals surface area contributed by atoms with Gasteiger partial charge >= 0.3 is 6.03 Å². The number of halogens is 2. The van der Waals surface area contributed by atoms with Crippen LogP contribution in [0.1, 0.15) is 25.2 Å². The van der Waals surface area contributed by atoms with Gasteiger partial charge in [-0.05, 0) is 42.8 Å². The Kier molecular flexibility index (Phi) is 6.67. The molecule has 33 heavy (non-hydrogen) atoms. The van der Waals surface area contributed by atoms with Crippen LogP contribution in [0.3, 0.4) is 0 Å². The molecule has 3 aromatic carbocycles. The molecule has 1 N–H and O–H groups in total. The van der Waals surface area contributed by atoms with E-state index < -0.39 is 12.1 Å². The van der Waals surface area contributed by atoms with Crippen LogP contribution in [0.4, 0.5) is 10.5 Å². The number of para-hydroxylation sites is 2. The molecule has 8 heteroatoms. The SMILES string of the molecule is CCC(c1nc2ccccc2c(=O)n1-c1ccccc1)N(C)C(=O)Nc1cccc(Cl)c1Cl. The van der Waals surface area contributed by atoms with Crippen LogP contribution in [-0.2, 0) is 0 Å². The normalized spacial score (nSPS) is 11.9. The van der Waals surface area contributed by atoms with Crippen LogP contribution in [0, 0.1) is 0 Å². The molecule has 1 unspecified atom stereocenters. The van der Waals surface area contributed by atoms with Crippen molar-refractivity contribution >= 4 is 45.8 Å². The number of benzene rings is 3. The first-order valence-corrected chi connectivity index (χ1v) is 11.2. The Balaban J connectivity index is 1.81. The van der Waals surface area contributed by atoms with Gasteiger partial charge < -0.3 is 10.2 Å². The molecular formula is C25H22Cl2N4O2. The van der Waals surface area contributed by atoms with Crippen molar-refractivity contribution in [3.8, 4) is 5.69 Å². The summed E-state index contributed by atoms with van der Waals surface area (Å²) < 4.78 is 1.58. The van der Waals surface area contributed by atoms with Crippen LogP contribution in [0.5, 0.6) is 0 Å². The van der Waals surface area contributed by atoms with Gasteiger partial charge in [-0.2, -0.15) is 0 Å². The number of fused-ring (bicyclic) bond motifs is 1. The van der Waals surface area contributed by atoms with Crippen LogP contribution >= 0.6 is 23.2 Å². The van der Waals surface area contributed by atoms with E-state index in [0.29, 0.717) is 39.5 Å². The molecule has 1 aromatic heterocycles. The number of amides is 2. The lowest BCUT2D eigenvalue weighted by molar-refractivity contribution is 0.199. The van der Waals surface area contributed by atoms with Crippen LogP contribution in [-0.4, -0.2) is 27.5 Å². The predicted molar refractivity (Wildman–Crippen MR) is 134 cm³/mol. The van der Waals surface area contributed by atoms with E-state index in [1.165, 1.54) is 4.90 Å². The first-order valence-electron chi connectivity index (χ1n) is 10.5. The number of rotatable bonds is 5. The molecule has 0 saturated heterocycles. The van der Waals surface area contributed by atoms with Crippen molar-refractivity contribution in [2.45, 2.75) is 19.4 Å². The Morgan fingerprint density at radius 3 is 2.45 bits per heavy atom. The summed E-state index contributed by atoms with van der Waals surface area (Å²) in [7, 11) is 1.67. The molecule has 1 atom stereocenters. The van der Waals surface area contributed by atoms with Crippen molar-refractivity contribution < 1.29 is 4.79 Å². The molecule has 0 aliphatic heterocycles. The lowest BCUT2D eigenvalue weighted by atomic mass is 10.1. The lowest BCUT2D eigenvalue weighted by Crippen LogP contribution is -2.38. The minimum absolute atomic E-state index is 0.188. The summed E-state index contributed by atoms with van der Waals surface area (Å²) in [5.74, 6) is 0.474. The van der Waals surface area contributed by atoms with Gasteiger partial charge in [0.05, 0.1) is 38.4 Å². The molecule has 168 valence electrons. The van der Waals surface area contributed by atoms with Gasteiger partial charge in [0.15, 0.2) is 0 Å². The minimum atomic E-state index is -0.486. The fourth-order valence-electron chi connectivity index (χ4n) is 3.77. The van der Waals surface area contributed by atoms with Gasteiger partial charge in [0, 0.05) is 7.05 Å². The Morgan fingerprint density at radius 1 is 1.03 bits per heavy atom. The van der Waals surface area contributed by atoms with Crippen molar-refractivity contribution in [3.63, 3.8) is 0 Å². The number of nitrogens with one attached hydrogen (secondary N) is 1. The highest BCUT2D eigenvalue weighted by Gasteiger charge is 2.27. The maximum Gasteiger partial charge on any atom is 0.322 e. The summed E-state index contributed by atoms with van der Waals surface area (Å²) in [5.41, 5.74) is 1.48. The second-order valence-electron chi connectivity index (χ2n) is 7.53. The van der Waals surface area contributed by atoms with E-state index in [2.05, 4.69) is 5.32 Å². The van der Waals surface area contributed by atoms with E-state index in [1.54, 1.807) is 41.9 Å². The number of urea groups is 1. The predicted octanol–water partition coefficient (Wildman–Crippen LogP) is 6.31. The summed E-state index contributed by atoms with van der Waals surface area (Å²) in [6.07, 6.45) is 0.533. The number of aromatic nitrogens is 2. The molecule has 0 aliphatic rings. The second kappa shape index (κ2) is 9.65. The van der Waals surface area contributed by atoms with Crippen LogP contribution < -0.4 is 10.9 Å². The molecule has 1 heterocycles. The summed E-state index contributed by atoms with van der Waals surface area (Å²) in [6.45, 7) is 1.94. The Bertz CT molecular complexity index is 1370. The zero-order valence-corrected chi connectivity index (χ0v) is 19.6. The number of carbonyl (C=O) groups is 1. The summed E-state index contributed by atoms with van der Waals surface area (Å²) in [6, 6.07) is 20.7. The fourth-order valence-corrected chi connectivity index (χ4v) is 4.12. The van der Waals surface area contributed by atoms with Gasteiger partial charge in [-0.15, -0.1) is 0 Å². The molecule has 6 nitrogen and oxygen atoms in total. The van der Waals surface area contributed by atoms with Crippen LogP contribution in [0.2, 0.25) is 10.0 Å². The van der Waals surface area contributed by atoms with E-state index in [4.69, 9.17) is 28.2 Å². The summed E-state index contributed by atoms with van der Waals surface area (Å²) in [4.78, 5) is 33.0. The fraction of sp³-hybridized carbons (Fsp3) is 0.160. The monoisotopic (exact) mass is 480 g/mol. The number of nitrogens with zero attached hydrogens (tertiary/aromatic N) is 3.